The summed E-state index contributed by atoms with van der Waals surface area (Å²) in [5, 5.41) is 2.88. The Morgan fingerprint density at radius 3 is 2.42 bits per heavy atom. The zero-order valence-corrected chi connectivity index (χ0v) is 17.3. The zero-order chi connectivity index (χ0) is 21.8. The molecule has 4 rings (SSSR count). The molecule has 0 bridgehead atoms. The smallest absolute Gasteiger partial charge is 0.256 e. The van der Waals surface area contributed by atoms with Gasteiger partial charge in [-0.3, -0.25) is 4.79 Å². The van der Waals surface area contributed by atoms with E-state index in [1.165, 1.54) is 30.5 Å². The summed E-state index contributed by atoms with van der Waals surface area (Å²) < 4.78 is 26.4. The number of nitrogens with zero attached hydrogens (tertiary/aromatic N) is 3. The van der Waals surface area contributed by atoms with E-state index in [0.717, 1.165) is 31.4 Å². The van der Waals surface area contributed by atoms with Gasteiger partial charge in [0.05, 0.1) is 0 Å². The third kappa shape index (κ3) is 4.87. The molecule has 7 heteroatoms. The highest BCUT2D eigenvalue weighted by Gasteiger charge is 2.26. The minimum Gasteiger partial charge on any atom is -0.353 e. The largest absolute Gasteiger partial charge is 0.353 e. The highest BCUT2D eigenvalue weighted by atomic mass is 19.1. The molecule has 1 aliphatic heterocycles. The number of carbonyl (C=O) groups is 1. The van der Waals surface area contributed by atoms with Crippen molar-refractivity contribution in [3.8, 4) is 11.4 Å². The van der Waals surface area contributed by atoms with Gasteiger partial charge in [0.15, 0.2) is 5.82 Å². The second kappa shape index (κ2) is 9.20. The van der Waals surface area contributed by atoms with E-state index in [2.05, 4.69) is 22.1 Å². The second-order valence-corrected chi connectivity index (χ2v) is 7.79. The molecule has 1 saturated heterocycles. The minimum atomic E-state index is -0.328. The molecule has 1 unspecified atom stereocenters. The van der Waals surface area contributed by atoms with Crippen molar-refractivity contribution in [2.45, 2.75) is 38.8 Å². The first-order chi connectivity index (χ1) is 15.0. The van der Waals surface area contributed by atoms with Crippen molar-refractivity contribution in [2.75, 3.05) is 11.4 Å². The average molecular weight is 422 g/mol. The van der Waals surface area contributed by atoms with Crippen molar-refractivity contribution in [3.63, 3.8) is 0 Å². The second-order valence-electron chi connectivity index (χ2n) is 7.79. The lowest BCUT2D eigenvalue weighted by atomic mass is 10.0. The van der Waals surface area contributed by atoms with Crippen molar-refractivity contribution in [3.05, 3.63) is 77.5 Å². The van der Waals surface area contributed by atoms with E-state index in [9.17, 15) is 13.6 Å². The summed E-state index contributed by atoms with van der Waals surface area (Å²) >= 11 is 0. The van der Waals surface area contributed by atoms with Crippen LogP contribution in [0.25, 0.3) is 11.4 Å². The molecular weight excluding hydrogens is 398 g/mol. The Morgan fingerprint density at radius 1 is 1.06 bits per heavy atom. The zero-order valence-electron chi connectivity index (χ0n) is 17.3. The number of nitrogens with one attached hydrogen (secondary N) is 1. The van der Waals surface area contributed by atoms with Gasteiger partial charge >= 0.3 is 0 Å². The van der Waals surface area contributed by atoms with Crippen molar-refractivity contribution in [1.29, 1.82) is 0 Å². The van der Waals surface area contributed by atoms with E-state index in [-0.39, 0.29) is 30.1 Å². The van der Waals surface area contributed by atoms with Gasteiger partial charge in [-0.05, 0) is 68.1 Å². The van der Waals surface area contributed by atoms with Gasteiger partial charge in [0.25, 0.3) is 5.91 Å². The van der Waals surface area contributed by atoms with Crippen LogP contribution in [0.2, 0.25) is 0 Å². The lowest BCUT2D eigenvalue weighted by Gasteiger charge is -2.35. The van der Waals surface area contributed by atoms with Crippen LogP contribution < -0.4 is 10.2 Å². The van der Waals surface area contributed by atoms with Gasteiger partial charge in [0.2, 0.25) is 0 Å². The predicted molar refractivity (Wildman–Crippen MR) is 116 cm³/mol. The molecule has 3 aromatic rings. The maximum absolute atomic E-state index is 13.3. The molecule has 0 spiro atoms. The number of piperidine rings is 1. The number of anilines is 1. The van der Waals surface area contributed by atoms with Gasteiger partial charge in [0.1, 0.15) is 23.0 Å². The Labute approximate surface area is 180 Å². The van der Waals surface area contributed by atoms with Crippen LogP contribution in [-0.2, 0) is 6.54 Å². The molecule has 31 heavy (non-hydrogen) atoms. The maximum Gasteiger partial charge on any atom is 0.256 e. The van der Waals surface area contributed by atoms with E-state index in [0.29, 0.717) is 22.8 Å². The van der Waals surface area contributed by atoms with Crippen LogP contribution in [0, 0.1) is 11.6 Å². The SMILES string of the molecule is CC1CCCCN1c1nc(-c2ccc(F)cc2)ncc1C(=O)NCc1ccc(F)cc1. The van der Waals surface area contributed by atoms with Crippen LogP contribution in [0.3, 0.4) is 0 Å². The summed E-state index contributed by atoms with van der Waals surface area (Å²) in [7, 11) is 0. The molecular formula is C24H24F2N4O. The molecule has 0 radical (unpaired) electrons. The summed E-state index contributed by atoms with van der Waals surface area (Å²) in [4.78, 5) is 24.2. The first-order valence-corrected chi connectivity index (χ1v) is 10.4. The van der Waals surface area contributed by atoms with E-state index >= 15 is 0 Å². The quantitative estimate of drug-likeness (QED) is 0.646. The summed E-state index contributed by atoms with van der Waals surface area (Å²) in [6, 6.07) is 12.2. The Balaban J connectivity index is 1.64. The van der Waals surface area contributed by atoms with Gasteiger partial charge in [0, 0.05) is 30.9 Å². The third-order valence-corrected chi connectivity index (χ3v) is 5.56. The number of halogens is 2. The van der Waals surface area contributed by atoms with Crippen LogP contribution in [-0.4, -0.2) is 28.5 Å². The van der Waals surface area contributed by atoms with Crippen molar-refractivity contribution in [1.82, 2.24) is 15.3 Å². The van der Waals surface area contributed by atoms with Gasteiger partial charge in [-0.2, -0.15) is 0 Å². The molecule has 1 amide bonds. The number of rotatable bonds is 5. The van der Waals surface area contributed by atoms with Crippen LogP contribution in [0.15, 0.2) is 54.7 Å². The van der Waals surface area contributed by atoms with Crippen molar-refractivity contribution in [2.24, 2.45) is 0 Å². The molecule has 1 N–H and O–H groups in total. The summed E-state index contributed by atoms with van der Waals surface area (Å²) in [5.41, 5.74) is 1.87. The summed E-state index contributed by atoms with van der Waals surface area (Å²) in [6.45, 7) is 3.20. The minimum absolute atomic E-state index is 0.244. The van der Waals surface area contributed by atoms with Gasteiger partial charge in [-0.25, -0.2) is 18.7 Å². The molecule has 1 aliphatic rings. The molecule has 0 aliphatic carbocycles. The molecule has 2 heterocycles. The first kappa shape index (κ1) is 20.9. The van der Waals surface area contributed by atoms with Gasteiger partial charge in [-0.15, -0.1) is 0 Å². The number of hydrogen-bond acceptors (Lipinski definition) is 4. The number of amides is 1. The predicted octanol–water partition coefficient (Wildman–Crippen LogP) is 4.73. The first-order valence-electron chi connectivity index (χ1n) is 10.4. The number of aromatic nitrogens is 2. The van der Waals surface area contributed by atoms with E-state index in [1.54, 1.807) is 24.3 Å². The third-order valence-electron chi connectivity index (χ3n) is 5.56. The summed E-state index contributed by atoms with van der Waals surface area (Å²) in [6.07, 6.45) is 4.71. The number of benzene rings is 2. The monoisotopic (exact) mass is 422 g/mol. The Bertz CT molecular complexity index is 1050. The normalized spacial score (nSPS) is 16.2. The molecule has 160 valence electrons. The highest BCUT2D eigenvalue weighted by Crippen LogP contribution is 2.28. The summed E-state index contributed by atoms with van der Waals surface area (Å²) in [5.74, 6) is 0.0930. The fourth-order valence-electron chi connectivity index (χ4n) is 3.78. The van der Waals surface area contributed by atoms with E-state index in [1.807, 2.05) is 0 Å². The lowest BCUT2D eigenvalue weighted by Crippen LogP contribution is -2.40. The van der Waals surface area contributed by atoms with Crippen LogP contribution in [0.5, 0.6) is 0 Å². The molecule has 1 aromatic heterocycles. The Hall–Kier alpha value is -3.35. The Morgan fingerprint density at radius 2 is 1.74 bits per heavy atom. The lowest BCUT2D eigenvalue weighted by molar-refractivity contribution is 0.0950. The molecule has 0 saturated carbocycles. The fraction of sp³-hybridized carbons (Fsp3) is 0.292. The standard InChI is InChI=1S/C24H24F2N4O/c1-16-4-2-3-13-30(16)23-21(24(31)28-14-17-5-9-19(25)10-6-17)15-27-22(29-23)18-7-11-20(26)12-8-18/h5-12,15-16H,2-4,13-14H2,1H3,(H,28,31). The Kier molecular flexibility index (Phi) is 6.21. The van der Waals surface area contributed by atoms with Crippen LogP contribution in [0.4, 0.5) is 14.6 Å². The topological polar surface area (TPSA) is 58.1 Å². The molecule has 5 nitrogen and oxygen atoms in total. The van der Waals surface area contributed by atoms with Crippen molar-refractivity contribution >= 4 is 11.7 Å². The van der Waals surface area contributed by atoms with Crippen LogP contribution in [0.1, 0.15) is 42.1 Å². The number of hydrogen-bond donors (Lipinski definition) is 1. The van der Waals surface area contributed by atoms with Gasteiger partial charge < -0.3 is 10.2 Å². The molecule has 1 atom stereocenters. The average Bonchev–Trinajstić information content (AvgIpc) is 2.79. The highest BCUT2D eigenvalue weighted by molar-refractivity contribution is 5.99. The molecule has 2 aromatic carbocycles. The maximum atomic E-state index is 13.3. The van der Waals surface area contributed by atoms with E-state index < -0.39 is 0 Å². The van der Waals surface area contributed by atoms with Crippen LogP contribution >= 0.6 is 0 Å². The fourth-order valence-corrected chi connectivity index (χ4v) is 3.78. The van der Waals surface area contributed by atoms with E-state index in [4.69, 9.17) is 4.98 Å². The van der Waals surface area contributed by atoms with Crippen molar-refractivity contribution < 1.29 is 13.6 Å². The number of carbonyl (C=O) groups excluding carboxylic acids is 1. The van der Waals surface area contributed by atoms with Gasteiger partial charge in [-0.1, -0.05) is 12.1 Å². The molecule has 1 fully saturated rings.